The molecule has 2 rings (SSSR count). The molecule has 0 N–H and O–H groups in total. The van der Waals surface area contributed by atoms with Crippen LogP contribution >= 0.6 is 0 Å². The highest BCUT2D eigenvalue weighted by Gasteiger charge is 2.41. The van der Waals surface area contributed by atoms with E-state index in [2.05, 4.69) is 20.8 Å². The Balaban J connectivity index is 2.35. The first-order chi connectivity index (χ1) is 6.02. The van der Waals surface area contributed by atoms with Crippen LogP contribution in [0.1, 0.15) is 40.0 Å². The molecule has 0 bridgehead atoms. The van der Waals surface area contributed by atoms with Gasteiger partial charge in [0.05, 0.1) is 0 Å². The Morgan fingerprint density at radius 2 is 2.15 bits per heavy atom. The number of allylic oxidation sites excluding steroid dienone is 2. The second-order valence-corrected chi connectivity index (χ2v) is 5.17. The number of fused-ring (bicyclic) bond motifs is 1. The van der Waals surface area contributed by atoms with Crippen molar-refractivity contribution in [2.24, 2.45) is 17.3 Å². The van der Waals surface area contributed by atoms with Gasteiger partial charge in [0.25, 0.3) is 0 Å². The quantitative estimate of drug-likeness (QED) is 0.557. The van der Waals surface area contributed by atoms with Crippen molar-refractivity contribution in [3.05, 3.63) is 11.6 Å². The van der Waals surface area contributed by atoms with Crippen molar-refractivity contribution in [2.75, 3.05) is 0 Å². The lowest BCUT2D eigenvalue weighted by molar-refractivity contribution is -0.117. The largest absolute Gasteiger partial charge is 0.295 e. The summed E-state index contributed by atoms with van der Waals surface area (Å²) in [5.74, 6) is 1.18. The second kappa shape index (κ2) is 2.70. The van der Waals surface area contributed by atoms with E-state index in [1.54, 1.807) is 0 Å². The minimum absolute atomic E-state index is 0.259. The van der Waals surface area contributed by atoms with E-state index >= 15 is 0 Å². The van der Waals surface area contributed by atoms with Gasteiger partial charge in [0.1, 0.15) is 0 Å². The van der Waals surface area contributed by atoms with Gasteiger partial charge in [0, 0.05) is 5.92 Å². The van der Waals surface area contributed by atoms with E-state index in [9.17, 15) is 4.79 Å². The lowest BCUT2D eigenvalue weighted by atomic mass is 9.67. The van der Waals surface area contributed by atoms with E-state index in [1.165, 1.54) is 24.8 Å². The fourth-order valence-corrected chi connectivity index (χ4v) is 2.87. The summed E-state index contributed by atoms with van der Waals surface area (Å²) >= 11 is 0. The zero-order valence-electron chi connectivity index (χ0n) is 8.76. The lowest BCUT2D eigenvalue weighted by Gasteiger charge is -2.37. The Hall–Kier alpha value is -0.590. The van der Waals surface area contributed by atoms with Crippen molar-refractivity contribution in [1.29, 1.82) is 0 Å². The molecule has 0 aromatic carbocycles. The Morgan fingerprint density at radius 3 is 2.77 bits per heavy atom. The minimum Gasteiger partial charge on any atom is -0.295 e. The highest BCUT2D eigenvalue weighted by Crippen LogP contribution is 2.49. The molecule has 0 radical (unpaired) electrons. The van der Waals surface area contributed by atoms with E-state index in [-0.39, 0.29) is 11.3 Å². The van der Waals surface area contributed by atoms with E-state index in [0.717, 1.165) is 0 Å². The smallest absolute Gasteiger partial charge is 0.159 e. The van der Waals surface area contributed by atoms with Crippen LogP contribution < -0.4 is 0 Å². The highest BCUT2D eigenvalue weighted by molar-refractivity contribution is 5.95. The molecule has 13 heavy (non-hydrogen) atoms. The standard InChI is InChI=1S/C12H18O/c1-8-9-5-4-6-12(2,3)10(9)7-11(8)13/h7-9H,4-6H2,1-3H3/t8-,9+/m1/s1. The zero-order valence-corrected chi connectivity index (χ0v) is 8.76. The lowest BCUT2D eigenvalue weighted by Crippen LogP contribution is -2.27. The Bertz CT molecular complexity index is 273. The van der Waals surface area contributed by atoms with Gasteiger partial charge in [-0.25, -0.2) is 0 Å². The molecule has 72 valence electrons. The zero-order chi connectivity index (χ0) is 9.64. The maximum Gasteiger partial charge on any atom is 0.159 e. The normalized spacial score (nSPS) is 37.2. The molecule has 0 unspecified atom stereocenters. The van der Waals surface area contributed by atoms with Crippen molar-refractivity contribution in [3.63, 3.8) is 0 Å². The monoisotopic (exact) mass is 178 g/mol. The van der Waals surface area contributed by atoms with Crippen LogP contribution in [0.5, 0.6) is 0 Å². The van der Waals surface area contributed by atoms with Crippen LogP contribution in [-0.4, -0.2) is 5.78 Å². The molecule has 2 aliphatic rings. The first kappa shape index (κ1) is 8.98. The van der Waals surface area contributed by atoms with E-state index in [0.29, 0.717) is 11.7 Å². The van der Waals surface area contributed by atoms with Crippen LogP contribution in [0.15, 0.2) is 11.6 Å². The SMILES string of the molecule is C[C@H]1C(=O)C=C2[C@H]1CCCC2(C)C. The second-order valence-electron chi connectivity index (χ2n) is 5.17. The molecule has 0 aromatic rings. The predicted molar refractivity (Wildman–Crippen MR) is 53.4 cm³/mol. The van der Waals surface area contributed by atoms with Gasteiger partial charge in [-0.2, -0.15) is 0 Å². The molecule has 0 spiro atoms. The van der Waals surface area contributed by atoms with Crippen LogP contribution in [0.4, 0.5) is 0 Å². The van der Waals surface area contributed by atoms with E-state index in [1.807, 2.05) is 6.08 Å². The summed E-state index contributed by atoms with van der Waals surface area (Å²) in [5.41, 5.74) is 1.71. The Morgan fingerprint density at radius 1 is 1.46 bits per heavy atom. The highest BCUT2D eigenvalue weighted by atomic mass is 16.1. The first-order valence-electron chi connectivity index (χ1n) is 5.28. The minimum atomic E-state index is 0.259. The van der Waals surface area contributed by atoms with Crippen LogP contribution in [0, 0.1) is 17.3 Å². The van der Waals surface area contributed by atoms with Crippen molar-refractivity contribution < 1.29 is 4.79 Å². The summed E-state index contributed by atoms with van der Waals surface area (Å²) < 4.78 is 0. The van der Waals surface area contributed by atoms with Crippen LogP contribution in [0.2, 0.25) is 0 Å². The van der Waals surface area contributed by atoms with Crippen LogP contribution in [0.3, 0.4) is 0 Å². The summed E-state index contributed by atoms with van der Waals surface area (Å²) in [6, 6.07) is 0. The van der Waals surface area contributed by atoms with Gasteiger partial charge in [0.2, 0.25) is 0 Å². The van der Waals surface area contributed by atoms with Gasteiger partial charge in [-0.3, -0.25) is 4.79 Å². The molecule has 0 heterocycles. The van der Waals surface area contributed by atoms with Gasteiger partial charge in [-0.1, -0.05) is 32.8 Å². The van der Waals surface area contributed by atoms with Gasteiger partial charge < -0.3 is 0 Å². The van der Waals surface area contributed by atoms with E-state index < -0.39 is 0 Å². The molecule has 1 nitrogen and oxygen atoms in total. The topological polar surface area (TPSA) is 17.1 Å². The van der Waals surface area contributed by atoms with Crippen LogP contribution in [0.25, 0.3) is 0 Å². The number of carbonyl (C=O) groups is 1. The summed E-state index contributed by atoms with van der Waals surface area (Å²) in [7, 11) is 0. The third kappa shape index (κ3) is 1.25. The average molecular weight is 178 g/mol. The Labute approximate surface area is 80.2 Å². The number of rotatable bonds is 0. The van der Waals surface area contributed by atoms with Crippen LogP contribution in [-0.2, 0) is 4.79 Å². The molecule has 0 aliphatic heterocycles. The maximum atomic E-state index is 11.6. The van der Waals surface area contributed by atoms with Gasteiger partial charge in [-0.15, -0.1) is 0 Å². The first-order valence-corrected chi connectivity index (χ1v) is 5.28. The van der Waals surface area contributed by atoms with Crippen molar-refractivity contribution in [2.45, 2.75) is 40.0 Å². The van der Waals surface area contributed by atoms with Gasteiger partial charge in [0.15, 0.2) is 5.78 Å². The molecule has 1 fully saturated rings. The molecule has 0 saturated heterocycles. The fraction of sp³-hybridized carbons (Fsp3) is 0.750. The molecule has 0 aromatic heterocycles. The van der Waals surface area contributed by atoms with Crippen molar-refractivity contribution in [1.82, 2.24) is 0 Å². The summed E-state index contributed by atoms with van der Waals surface area (Å²) in [6.45, 7) is 6.63. The average Bonchev–Trinajstić information content (AvgIpc) is 2.32. The summed E-state index contributed by atoms with van der Waals surface area (Å²) in [6.07, 6.45) is 5.68. The van der Waals surface area contributed by atoms with Gasteiger partial charge >= 0.3 is 0 Å². The molecule has 2 aliphatic carbocycles. The Kier molecular flexibility index (Phi) is 1.86. The molecule has 0 amide bonds. The third-order valence-electron chi connectivity index (χ3n) is 3.85. The molecular weight excluding hydrogens is 160 g/mol. The maximum absolute atomic E-state index is 11.6. The number of hydrogen-bond acceptors (Lipinski definition) is 1. The predicted octanol–water partition coefficient (Wildman–Crippen LogP) is 2.96. The number of carbonyl (C=O) groups excluding carboxylic acids is 1. The van der Waals surface area contributed by atoms with E-state index in [4.69, 9.17) is 0 Å². The number of ketones is 1. The molecule has 1 saturated carbocycles. The van der Waals surface area contributed by atoms with Gasteiger partial charge in [-0.05, 0) is 30.3 Å². The summed E-state index contributed by atoms with van der Waals surface area (Å²) in [4.78, 5) is 11.6. The van der Waals surface area contributed by atoms with Crippen molar-refractivity contribution in [3.8, 4) is 0 Å². The molecular formula is C12H18O. The summed E-state index contributed by atoms with van der Waals surface area (Å²) in [5, 5.41) is 0. The molecule has 2 atom stereocenters. The molecule has 1 heteroatoms. The van der Waals surface area contributed by atoms with Crippen molar-refractivity contribution >= 4 is 5.78 Å². The third-order valence-corrected chi connectivity index (χ3v) is 3.85. The fourth-order valence-electron chi connectivity index (χ4n) is 2.87. The number of hydrogen-bond donors (Lipinski definition) is 0.